The lowest BCUT2D eigenvalue weighted by molar-refractivity contribution is -0.151. The number of halogens is 1. The van der Waals surface area contributed by atoms with Gasteiger partial charge in [-0.2, -0.15) is 0 Å². The summed E-state index contributed by atoms with van der Waals surface area (Å²) >= 11 is 1.12. The van der Waals surface area contributed by atoms with E-state index in [0.717, 1.165) is 23.9 Å². The summed E-state index contributed by atoms with van der Waals surface area (Å²) in [6, 6.07) is 6.92. The molecule has 2 aromatic rings. The molecule has 3 amide bonds. The molecule has 2 atom stereocenters. The molecule has 0 saturated heterocycles. The highest BCUT2D eigenvalue weighted by atomic mass is 32.2. The average molecular weight is 599 g/mol. The SMILES string of the molecule is C/C=C1\NC(=O)c2ccc(F)c(n2)CNC(=O)C[C@@H](/C=C/CCSC(C)=O)OC(=O)[C@H](Cc2ccc(O)cc2)NC1=O. The number of ether oxygens (including phenoxy) is 1. The average Bonchev–Trinajstić information content (AvgIpc) is 2.95. The number of thioether (sulfide) groups is 1. The third-order valence-electron chi connectivity index (χ3n) is 5.95. The van der Waals surface area contributed by atoms with Crippen molar-refractivity contribution in [1.29, 1.82) is 0 Å². The van der Waals surface area contributed by atoms with Crippen molar-refractivity contribution in [2.75, 3.05) is 5.75 Å². The van der Waals surface area contributed by atoms with Crippen molar-refractivity contribution in [1.82, 2.24) is 20.9 Å². The van der Waals surface area contributed by atoms with E-state index in [1.54, 1.807) is 18.2 Å². The number of benzene rings is 1. The van der Waals surface area contributed by atoms with Crippen LogP contribution in [0.1, 0.15) is 48.4 Å². The minimum Gasteiger partial charge on any atom is -0.508 e. The topological polar surface area (TPSA) is 164 Å². The highest BCUT2D eigenvalue weighted by Gasteiger charge is 2.28. The number of pyridine rings is 1. The van der Waals surface area contributed by atoms with Gasteiger partial charge in [0.05, 0.1) is 18.7 Å². The Balaban J connectivity index is 1.94. The van der Waals surface area contributed by atoms with Crippen molar-refractivity contribution in [3.05, 3.63) is 83.1 Å². The lowest BCUT2D eigenvalue weighted by atomic mass is 10.1. The molecule has 13 heteroatoms. The number of esters is 1. The Morgan fingerprint density at radius 3 is 2.57 bits per heavy atom. The molecule has 0 radical (unpaired) electrons. The summed E-state index contributed by atoms with van der Waals surface area (Å²) in [6.07, 6.45) is 3.55. The maximum atomic E-state index is 14.4. The number of hydrogen-bond acceptors (Lipinski definition) is 9. The number of rotatable bonds is 6. The molecule has 1 aliphatic heterocycles. The number of cyclic esters (lactones) is 1. The first-order chi connectivity index (χ1) is 20.0. The van der Waals surface area contributed by atoms with Crippen LogP contribution in [0.4, 0.5) is 4.39 Å². The van der Waals surface area contributed by atoms with Gasteiger partial charge >= 0.3 is 5.97 Å². The van der Waals surface area contributed by atoms with E-state index in [-0.39, 0.29) is 47.3 Å². The standard InChI is InChI=1S/C29H31FN4O7S/c1-3-22-27(38)34-24(14-18-7-9-19(36)10-8-18)29(40)41-20(6-4-5-13-42-17(2)35)15-26(37)31-16-25-21(30)11-12-23(32-25)28(39)33-22/h3-4,6-12,20,24,36H,5,13-16H2,1-2H3,(H,31,37)(H,33,39)(H,34,38)/b6-4+,22-3-/t20-,24+/m1/s1. The van der Waals surface area contributed by atoms with Crippen LogP contribution < -0.4 is 16.0 Å². The molecule has 2 bridgehead atoms. The van der Waals surface area contributed by atoms with Gasteiger partial charge in [0.2, 0.25) is 5.91 Å². The number of aromatic hydroxyl groups is 1. The Labute approximate surface area is 246 Å². The Bertz CT molecular complexity index is 1390. The fraction of sp³-hybridized carbons (Fsp3) is 0.310. The van der Waals surface area contributed by atoms with Gasteiger partial charge in [0.15, 0.2) is 5.12 Å². The molecular weight excluding hydrogens is 567 g/mol. The van der Waals surface area contributed by atoms with E-state index in [4.69, 9.17) is 4.74 Å². The van der Waals surface area contributed by atoms with Gasteiger partial charge in [0.25, 0.3) is 11.8 Å². The molecular formula is C29H31FN4O7S. The number of carbonyl (C=O) groups excluding carboxylic acids is 5. The van der Waals surface area contributed by atoms with Crippen LogP contribution in [0.15, 0.2) is 60.3 Å². The highest BCUT2D eigenvalue weighted by molar-refractivity contribution is 8.13. The van der Waals surface area contributed by atoms with Crippen LogP contribution in [-0.4, -0.2) is 56.8 Å². The normalized spacial score (nSPS) is 19.6. The molecule has 222 valence electrons. The second-order valence-corrected chi connectivity index (χ2v) is 10.5. The summed E-state index contributed by atoms with van der Waals surface area (Å²) in [6.45, 7) is 2.61. The summed E-state index contributed by atoms with van der Waals surface area (Å²) in [4.78, 5) is 67.3. The predicted molar refractivity (Wildman–Crippen MR) is 152 cm³/mol. The van der Waals surface area contributed by atoms with Crippen molar-refractivity contribution in [3.8, 4) is 5.75 Å². The number of amides is 3. The quantitative estimate of drug-likeness (QED) is 0.169. The van der Waals surface area contributed by atoms with Gasteiger partial charge in [0, 0.05) is 19.1 Å². The molecule has 2 heterocycles. The van der Waals surface area contributed by atoms with E-state index in [1.165, 1.54) is 38.1 Å². The first-order valence-electron chi connectivity index (χ1n) is 13.0. The molecule has 0 saturated carbocycles. The van der Waals surface area contributed by atoms with Crippen molar-refractivity contribution in [2.24, 2.45) is 0 Å². The largest absolute Gasteiger partial charge is 0.508 e. The van der Waals surface area contributed by atoms with Crippen LogP contribution in [0, 0.1) is 5.82 Å². The van der Waals surface area contributed by atoms with Gasteiger partial charge in [0.1, 0.15) is 35.1 Å². The Kier molecular flexibility index (Phi) is 11.8. The van der Waals surface area contributed by atoms with Crippen LogP contribution in [0.5, 0.6) is 5.75 Å². The summed E-state index contributed by atoms with van der Waals surface area (Å²) in [5.41, 5.74) is 0.0127. The molecule has 0 spiro atoms. The molecule has 0 unspecified atom stereocenters. The first-order valence-corrected chi connectivity index (χ1v) is 14.0. The fourth-order valence-corrected chi connectivity index (χ4v) is 4.36. The zero-order valence-electron chi connectivity index (χ0n) is 23.0. The van der Waals surface area contributed by atoms with Crippen LogP contribution in [0.25, 0.3) is 0 Å². The fourth-order valence-electron chi connectivity index (χ4n) is 3.81. The van der Waals surface area contributed by atoms with Gasteiger partial charge in [-0.05, 0) is 49.2 Å². The van der Waals surface area contributed by atoms with E-state index in [1.807, 2.05) is 0 Å². The third-order valence-corrected chi connectivity index (χ3v) is 6.79. The predicted octanol–water partition coefficient (Wildman–Crippen LogP) is 2.45. The third kappa shape index (κ3) is 9.84. The van der Waals surface area contributed by atoms with Gasteiger partial charge in [-0.1, -0.05) is 36.0 Å². The second-order valence-electron chi connectivity index (χ2n) is 9.19. The van der Waals surface area contributed by atoms with Gasteiger partial charge in [-0.15, -0.1) is 0 Å². The summed E-state index contributed by atoms with van der Waals surface area (Å²) < 4.78 is 20.0. The van der Waals surface area contributed by atoms with Crippen LogP contribution >= 0.6 is 11.8 Å². The Hall–Kier alpha value is -4.52. The Morgan fingerprint density at radius 2 is 1.88 bits per heavy atom. The van der Waals surface area contributed by atoms with Crippen molar-refractivity contribution in [2.45, 2.75) is 51.8 Å². The van der Waals surface area contributed by atoms with E-state index < -0.39 is 41.7 Å². The minimum atomic E-state index is -1.25. The molecule has 42 heavy (non-hydrogen) atoms. The summed E-state index contributed by atoms with van der Waals surface area (Å²) in [5.74, 6) is -3.30. The number of hydrogen-bond donors (Lipinski definition) is 4. The zero-order valence-corrected chi connectivity index (χ0v) is 23.8. The lowest BCUT2D eigenvalue weighted by Crippen LogP contribution is -2.47. The number of carbonyl (C=O) groups is 5. The molecule has 11 nitrogen and oxygen atoms in total. The lowest BCUT2D eigenvalue weighted by Gasteiger charge is -2.22. The zero-order chi connectivity index (χ0) is 30.6. The number of allylic oxidation sites excluding steroid dienone is 2. The van der Waals surface area contributed by atoms with Gasteiger partial charge in [-0.25, -0.2) is 14.2 Å². The molecule has 1 aromatic heterocycles. The molecule has 4 N–H and O–H groups in total. The highest BCUT2D eigenvalue weighted by Crippen LogP contribution is 2.15. The van der Waals surface area contributed by atoms with Gasteiger partial charge in [-0.3, -0.25) is 19.2 Å². The summed E-state index contributed by atoms with van der Waals surface area (Å²) in [7, 11) is 0. The van der Waals surface area contributed by atoms with Crippen molar-refractivity contribution >= 4 is 40.6 Å². The maximum absolute atomic E-state index is 14.4. The molecule has 1 aliphatic rings. The smallest absolute Gasteiger partial charge is 0.329 e. The van der Waals surface area contributed by atoms with E-state index in [2.05, 4.69) is 20.9 Å². The van der Waals surface area contributed by atoms with Crippen molar-refractivity contribution in [3.63, 3.8) is 0 Å². The summed E-state index contributed by atoms with van der Waals surface area (Å²) in [5, 5.41) is 17.1. The van der Waals surface area contributed by atoms with E-state index in [9.17, 15) is 33.5 Å². The molecule has 3 rings (SSSR count). The number of phenolic OH excluding ortho intramolecular Hbond substituents is 1. The van der Waals surface area contributed by atoms with Gasteiger partial charge < -0.3 is 25.8 Å². The van der Waals surface area contributed by atoms with Crippen LogP contribution in [0.3, 0.4) is 0 Å². The first kappa shape index (κ1) is 32.0. The number of nitrogens with one attached hydrogen (secondary N) is 3. The molecule has 0 aliphatic carbocycles. The number of phenols is 1. The number of aromatic nitrogens is 1. The number of fused-ring (bicyclic) bond motifs is 2. The van der Waals surface area contributed by atoms with Crippen molar-refractivity contribution < 1.29 is 38.2 Å². The molecule has 0 fully saturated rings. The number of nitrogens with zero attached hydrogens (tertiary/aromatic N) is 1. The van der Waals surface area contributed by atoms with Crippen LogP contribution in [-0.2, 0) is 36.9 Å². The monoisotopic (exact) mass is 598 g/mol. The van der Waals surface area contributed by atoms with E-state index >= 15 is 0 Å². The Morgan fingerprint density at radius 1 is 1.14 bits per heavy atom. The van der Waals surface area contributed by atoms with E-state index in [0.29, 0.717) is 17.7 Å². The maximum Gasteiger partial charge on any atom is 0.329 e. The van der Waals surface area contributed by atoms with Crippen LogP contribution in [0.2, 0.25) is 0 Å². The molecule has 1 aromatic carbocycles. The second kappa shape index (κ2) is 15.5. The minimum absolute atomic E-state index is 0.0129.